The second kappa shape index (κ2) is 9.05. The van der Waals surface area contributed by atoms with E-state index >= 15 is 0 Å². The lowest BCUT2D eigenvalue weighted by Gasteiger charge is -2.27. The number of hydrogen-bond donors (Lipinski definition) is 1. The molecule has 2 rings (SSSR count). The fraction of sp³-hybridized carbons (Fsp3) is 0.471. The van der Waals surface area contributed by atoms with Gasteiger partial charge in [0, 0.05) is 6.54 Å². The Balaban J connectivity index is 2.15. The number of amides is 3. The van der Waals surface area contributed by atoms with Crippen molar-refractivity contribution in [3.8, 4) is 0 Å². The van der Waals surface area contributed by atoms with Gasteiger partial charge in [-0.05, 0) is 24.8 Å². The fourth-order valence-electron chi connectivity index (χ4n) is 3.03. The Labute approximate surface area is 157 Å². The first-order valence-electron chi connectivity index (χ1n) is 8.48. The highest BCUT2D eigenvalue weighted by atomic mass is 32.2. The Morgan fingerprint density at radius 3 is 2.48 bits per heavy atom. The molecule has 1 fully saturated rings. The molecule has 1 aromatic carbocycles. The molecule has 8 nitrogen and oxygen atoms in total. The van der Waals surface area contributed by atoms with Gasteiger partial charge < -0.3 is 5.73 Å². The van der Waals surface area contributed by atoms with Crippen molar-refractivity contribution in [2.45, 2.75) is 25.3 Å². The molecule has 0 unspecified atom stereocenters. The lowest BCUT2D eigenvalue weighted by molar-refractivity contribution is -0.149. The van der Waals surface area contributed by atoms with Gasteiger partial charge in [0.05, 0.1) is 5.75 Å². The van der Waals surface area contributed by atoms with E-state index in [9.17, 15) is 27.2 Å². The third kappa shape index (κ3) is 5.33. The second-order valence-corrected chi connectivity index (χ2v) is 8.28. The number of nitrogens with two attached hydrogens (primary N) is 1. The Morgan fingerprint density at radius 1 is 1.22 bits per heavy atom. The normalized spacial score (nSPS) is 17.6. The van der Waals surface area contributed by atoms with E-state index in [0.29, 0.717) is 11.3 Å². The van der Waals surface area contributed by atoms with Crippen molar-refractivity contribution in [1.29, 1.82) is 0 Å². The zero-order valence-corrected chi connectivity index (χ0v) is 15.5. The summed E-state index contributed by atoms with van der Waals surface area (Å²) >= 11 is 0. The first kappa shape index (κ1) is 21.0. The summed E-state index contributed by atoms with van der Waals surface area (Å²) in [5, 5.41) is 0. The number of halogens is 1. The summed E-state index contributed by atoms with van der Waals surface area (Å²) in [5.74, 6) is -3.32. The van der Waals surface area contributed by atoms with E-state index in [0.717, 1.165) is 9.87 Å². The summed E-state index contributed by atoms with van der Waals surface area (Å²) in [5.41, 5.74) is 5.85. The standard InChI is InChI=1S/C17H22FN3O5S/c18-11-16(23)20(12-15(19)22)17(24)14-7-4-9-21(14)27(25,26)10-8-13-5-2-1-3-6-13/h1-3,5-6,14H,4,7-12H2,(H2,19,22)/t14-/m0/s1. The van der Waals surface area contributed by atoms with E-state index in [2.05, 4.69) is 0 Å². The first-order valence-corrected chi connectivity index (χ1v) is 10.1. The van der Waals surface area contributed by atoms with Crippen molar-refractivity contribution in [3.05, 3.63) is 35.9 Å². The number of alkyl halides is 1. The predicted octanol–water partition coefficient (Wildman–Crippen LogP) is -0.167. The van der Waals surface area contributed by atoms with Gasteiger partial charge in [0.15, 0.2) is 6.67 Å². The van der Waals surface area contributed by atoms with Crippen LogP contribution in [0.15, 0.2) is 30.3 Å². The van der Waals surface area contributed by atoms with E-state index in [-0.39, 0.29) is 25.1 Å². The molecule has 1 atom stereocenters. The molecule has 0 aromatic heterocycles. The summed E-state index contributed by atoms with van der Waals surface area (Å²) in [7, 11) is -3.78. The van der Waals surface area contributed by atoms with Gasteiger partial charge in [-0.25, -0.2) is 12.8 Å². The zero-order chi connectivity index (χ0) is 20.0. The van der Waals surface area contributed by atoms with Crippen LogP contribution in [0.3, 0.4) is 0 Å². The molecule has 0 saturated carbocycles. The van der Waals surface area contributed by atoms with Gasteiger partial charge in [0.1, 0.15) is 12.6 Å². The summed E-state index contributed by atoms with van der Waals surface area (Å²) in [6, 6.07) is 7.89. The van der Waals surface area contributed by atoms with Crippen molar-refractivity contribution in [3.63, 3.8) is 0 Å². The van der Waals surface area contributed by atoms with E-state index < -0.39 is 47.0 Å². The molecule has 2 N–H and O–H groups in total. The maximum Gasteiger partial charge on any atom is 0.261 e. The molecule has 1 aliphatic rings. The molecule has 1 aromatic rings. The highest BCUT2D eigenvalue weighted by Gasteiger charge is 2.41. The molecular formula is C17H22FN3O5S. The van der Waals surface area contributed by atoms with Crippen LogP contribution in [0.1, 0.15) is 18.4 Å². The number of imide groups is 1. The quantitative estimate of drug-likeness (QED) is 0.651. The molecule has 0 spiro atoms. The number of nitrogens with zero attached hydrogens (tertiary/aromatic N) is 2. The van der Waals surface area contributed by atoms with Crippen LogP contribution in [0, 0.1) is 0 Å². The number of primary amides is 1. The zero-order valence-electron chi connectivity index (χ0n) is 14.7. The van der Waals surface area contributed by atoms with Crippen LogP contribution in [0.4, 0.5) is 4.39 Å². The van der Waals surface area contributed by atoms with Crippen LogP contribution in [0.25, 0.3) is 0 Å². The van der Waals surface area contributed by atoms with Crippen LogP contribution in [0.2, 0.25) is 0 Å². The van der Waals surface area contributed by atoms with Gasteiger partial charge >= 0.3 is 0 Å². The van der Waals surface area contributed by atoms with Crippen molar-refractivity contribution in [2.75, 3.05) is 25.5 Å². The molecular weight excluding hydrogens is 377 g/mol. The van der Waals surface area contributed by atoms with E-state index in [4.69, 9.17) is 5.73 Å². The van der Waals surface area contributed by atoms with Crippen LogP contribution in [-0.4, -0.2) is 66.9 Å². The third-order valence-electron chi connectivity index (χ3n) is 4.33. The molecule has 3 amide bonds. The van der Waals surface area contributed by atoms with Gasteiger partial charge in [-0.15, -0.1) is 0 Å². The van der Waals surface area contributed by atoms with Crippen LogP contribution in [0.5, 0.6) is 0 Å². The van der Waals surface area contributed by atoms with Gasteiger partial charge in [-0.2, -0.15) is 4.31 Å². The molecule has 27 heavy (non-hydrogen) atoms. The lowest BCUT2D eigenvalue weighted by atomic mass is 10.2. The molecule has 10 heteroatoms. The van der Waals surface area contributed by atoms with Crippen molar-refractivity contribution in [1.82, 2.24) is 9.21 Å². The Hall–Kier alpha value is -2.33. The van der Waals surface area contributed by atoms with Gasteiger partial charge in [0.2, 0.25) is 21.8 Å². The number of aryl methyl sites for hydroxylation is 1. The number of carbonyl (C=O) groups is 3. The Kier molecular flexibility index (Phi) is 7.03. The third-order valence-corrected chi connectivity index (χ3v) is 6.20. The lowest BCUT2D eigenvalue weighted by Crippen LogP contribution is -2.52. The largest absolute Gasteiger partial charge is 0.368 e. The molecule has 1 saturated heterocycles. The molecule has 0 radical (unpaired) electrons. The number of sulfonamides is 1. The Bertz CT molecular complexity index is 800. The van der Waals surface area contributed by atoms with Gasteiger partial charge in [-0.1, -0.05) is 30.3 Å². The smallest absolute Gasteiger partial charge is 0.261 e. The van der Waals surface area contributed by atoms with E-state index in [1.165, 1.54) is 0 Å². The molecule has 148 valence electrons. The van der Waals surface area contributed by atoms with E-state index in [1.54, 1.807) is 24.3 Å². The highest BCUT2D eigenvalue weighted by Crippen LogP contribution is 2.24. The summed E-state index contributed by atoms with van der Waals surface area (Å²) in [6.45, 7) is -2.13. The highest BCUT2D eigenvalue weighted by molar-refractivity contribution is 7.89. The van der Waals surface area contributed by atoms with Gasteiger partial charge in [0.25, 0.3) is 5.91 Å². The average Bonchev–Trinajstić information content (AvgIpc) is 3.15. The predicted molar refractivity (Wildman–Crippen MR) is 95.6 cm³/mol. The first-order chi connectivity index (χ1) is 12.8. The number of benzene rings is 1. The van der Waals surface area contributed by atoms with Crippen LogP contribution in [-0.2, 0) is 30.8 Å². The minimum Gasteiger partial charge on any atom is -0.368 e. The van der Waals surface area contributed by atoms with Crippen molar-refractivity contribution >= 4 is 27.7 Å². The number of rotatable bonds is 8. The SMILES string of the molecule is NC(=O)CN(C(=O)CF)C(=O)[C@@H]1CCCN1S(=O)(=O)CCc1ccccc1. The van der Waals surface area contributed by atoms with Gasteiger partial charge in [-0.3, -0.25) is 19.3 Å². The number of carbonyl (C=O) groups excluding carboxylic acids is 3. The number of hydrogen-bond acceptors (Lipinski definition) is 5. The summed E-state index contributed by atoms with van der Waals surface area (Å²) in [6.07, 6.45) is 0.891. The molecule has 0 bridgehead atoms. The second-order valence-electron chi connectivity index (χ2n) is 6.24. The van der Waals surface area contributed by atoms with Crippen LogP contribution >= 0.6 is 0 Å². The van der Waals surface area contributed by atoms with Crippen molar-refractivity contribution < 1.29 is 27.2 Å². The summed E-state index contributed by atoms with van der Waals surface area (Å²) < 4.78 is 39.2. The topological polar surface area (TPSA) is 118 Å². The monoisotopic (exact) mass is 399 g/mol. The minimum atomic E-state index is -3.78. The van der Waals surface area contributed by atoms with E-state index in [1.807, 2.05) is 6.07 Å². The maximum atomic E-state index is 12.7. The van der Waals surface area contributed by atoms with Crippen molar-refractivity contribution in [2.24, 2.45) is 5.73 Å². The maximum absolute atomic E-state index is 12.7. The summed E-state index contributed by atoms with van der Waals surface area (Å²) in [4.78, 5) is 35.8. The fourth-order valence-corrected chi connectivity index (χ4v) is 4.74. The molecule has 1 aliphatic heterocycles. The average molecular weight is 399 g/mol. The molecule has 0 aliphatic carbocycles. The minimum absolute atomic E-state index is 0.127. The Morgan fingerprint density at radius 2 is 1.89 bits per heavy atom. The molecule has 1 heterocycles. The van der Waals surface area contributed by atoms with Crippen LogP contribution < -0.4 is 5.73 Å².